The molecule has 0 saturated carbocycles. The first-order chi connectivity index (χ1) is 12.6. The van der Waals surface area contributed by atoms with Crippen molar-refractivity contribution >= 4 is 17.5 Å². The van der Waals surface area contributed by atoms with Gasteiger partial charge >= 0.3 is 11.8 Å². The zero-order valence-electron chi connectivity index (χ0n) is 15.2. The van der Waals surface area contributed by atoms with Gasteiger partial charge in [0.1, 0.15) is 0 Å². The van der Waals surface area contributed by atoms with Crippen molar-refractivity contribution < 1.29 is 19.1 Å². The van der Waals surface area contributed by atoms with Crippen LogP contribution in [0.4, 0.5) is 5.69 Å². The van der Waals surface area contributed by atoms with Crippen LogP contribution in [0.2, 0.25) is 0 Å². The Morgan fingerprint density at radius 3 is 2.38 bits per heavy atom. The van der Waals surface area contributed by atoms with E-state index in [0.29, 0.717) is 36.7 Å². The molecule has 7 nitrogen and oxygen atoms in total. The van der Waals surface area contributed by atoms with E-state index >= 15 is 0 Å². The lowest BCUT2D eigenvalue weighted by Crippen LogP contribution is -2.40. The number of likely N-dealkylation sites (N-methyl/N-ethyl adjacent to an activating group) is 1. The third-order valence-corrected chi connectivity index (χ3v) is 3.92. The van der Waals surface area contributed by atoms with Gasteiger partial charge in [0.05, 0.1) is 14.2 Å². The summed E-state index contributed by atoms with van der Waals surface area (Å²) < 4.78 is 10.4. The molecule has 0 radical (unpaired) electrons. The molecule has 1 aromatic carbocycles. The number of rotatable bonds is 7. The molecule has 0 bridgehead atoms. The lowest BCUT2D eigenvalue weighted by Gasteiger charge is -2.20. The van der Waals surface area contributed by atoms with E-state index in [0.717, 1.165) is 5.56 Å². The second kappa shape index (κ2) is 9.41. The first-order valence-corrected chi connectivity index (χ1v) is 8.30. The van der Waals surface area contributed by atoms with Crippen molar-refractivity contribution in [3.63, 3.8) is 0 Å². The molecule has 1 N–H and O–H groups in total. The van der Waals surface area contributed by atoms with Crippen molar-refractivity contribution in [1.29, 1.82) is 0 Å². The standard InChI is InChI=1S/C19H23N3O4/c1-4-22(12-9-14-7-10-20-11-8-14)19(24)18(23)21-15-5-6-16(25-2)17(13-15)26-3/h5-8,10-11,13H,4,9,12H2,1-3H3,(H,21,23). The minimum atomic E-state index is -0.686. The molecule has 0 unspecified atom stereocenters. The maximum absolute atomic E-state index is 12.4. The average Bonchev–Trinajstić information content (AvgIpc) is 2.68. The van der Waals surface area contributed by atoms with Crippen LogP contribution < -0.4 is 14.8 Å². The highest BCUT2D eigenvalue weighted by molar-refractivity contribution is 6.39. The molecule has 0 atom stereocenters. The normalized spacial score (nSPS) is 10.1. The number of nitrogens with zero attached hydrogens (tertiary/aromatic N) is 2. The first kappa shape index (κ1) is 19.2. The Morgan fingerprint density at radius 1 is 1.08 bits per heavy atom. The Labute approximate surface area is 152 Å². The predicted molar refractivity (Wildman–Crippen MR) is 98.4 cm³/mol. The molecule has 0 saturated heterocycles. The molecule has 7 heteroatoms. The minimum absolute atomic E-state index is 0.448. The van der Waals surface area contributed by atoms with Gasteiger partial charge in [-0.15, -0.1) is 0 Å². The predicted octanol–water partition coefficient (Wildman–Crippen LogP) is 2.13. The number of anilines is 1. The van der Waals surface area contributed by atoms with E-state index in [1.54, 1.807) is 30.6 Å². The molecular formula is C19H23N3O4. The number of amides is 2. The number of hydrogen-bond acceptors (Lipinski definition) is 5. The third-order valence-electron chi connectivity index (χ3n) is 3.92. The molecule has 2 amide bonds. The van der Waals surface area contributed by atoms with Gasteiger partial charge in [-0.3, -0.25) is 14.6 Å². The summed E-state index contributed by atoms with van der Waals surface area (Å²) in [5.41, 5.74) is 1.53. The van der Waals surface area contributed by atoms with Crippen LogP contribution in [0, 0.1) is 0 Å². The van der Waals surface area contributed by atoms with Crippen molar-refractivity contribution in [2.75, 3.05) is 32.6 Å². The quantitative estimate of drug-likeness (QED) is 0.768. The van der Waals surface area contributed by atoms with E-state index in [9.17, 15) is 9.59 Å². The van der Waals surface area contributed by atoms with Crippen LogP contribution in [-0.4, -0.2) is 49.0 Å². The Morgan fingerprint density at radius 2 is 1.77 bits per heavy atom. The number of carbonyl (C=O) groups excluding carboxylic acids is 2. The number of methoxy groups -OCH3 is 2. The summed E-state index contributed by atoms with van der Waals surface area (Å²) in [6, 6.07) is 8.71. The highest BCUT2D eigenvalue weighted by Crippen LogP contribution is 2.29. The number of hydrogen-bond donors (Lipinski definition) is 1. The third kappa shape index (κ3) is 4.95. The van der Waals surface area contributed by atoms with E-state index in [4.69, 9.17) is 9.47 Å². The second-order valence-electron chi connectivity index (χ2n) is 5.51. The number of ether oxygens (including phenoxy) is 2. The van der Waals surface area contributed by atoms with Crippen molar-refractivity contribution in [2.24, 2.45) is 0 Å². The SMILES string of the molecule is CCN(CCc1ccncc1)C(=O)C(=O)Nc1ccc(OC)c(OC)c1. The summed E-state index contributed by atoms with van der Waals surface area (Å²) in [6.45, 7) is 2.75. The van der Waals surface area contributed by atoms with Gasteiger partial charge in [0.2, 0.25) is 0 Å². The number of aromatic nitrogens is 1. The molecule has 2 aromatic rings. The molecule has 0 fully saturated rings. The summed E-state index contributed by atoms with van der Waals surface area (Å²) in [5, 5.41) is 2.60. The minimum Gasteiger partial charge on any atom is -0.493 e. The molecule has 1 heterocycles. The topological polar surface area (TPSA) is 80.8 Å². The monoisotopic (exact) mass is 357 g/mol. The number of carbonyl (C=O) groups is 2. The molecule has 0 aliphatic carbocycles. The smallest absolute Gasteiger partial charge is 0.313 e. The van der Waals surface area contributed by atoms with Crippen molar-refractivity contribution in [1.82, 2.24) is 9.88 Å². The van der Waals surface area contributed by atoms with E-state index in [1.807, 2.05) is 19.1 Å². The lowest BCUT2D eigenvalue weighted by atomic mass is 10.2. The van der Waals surface area contributed by atoms with E-state index in [1.165, 1.54) is 19.1 Å². The van der Waals surface area contributed by atoms with Gasteiger partial charge in [-0.25, -0.2) is 0 Å². The van der Waals surface area contributed by atoms with Gasteiger partial charge in [-0.1, -0.05) is 0 Å². The lowest BCUT2D eigenvalue weighted by molar-refractivity contribution is -0.143. The summed E-state index contributed by atoms with van der Waals surface area (Å²) in [6.07, 6.45) is 4.07. The fraction of sp³-hybridized carbons (Fsp3) is 0.316. The van der Waals surface area contributed by atoms with Crippen LogP contribution in [0.5, 0.6) is 11.5 Å². The molecule has 138 valence electrons. The van der Waals surface area contributed by atoms with E-state index in [2.05, 4.69) is 10.3 Å². The van der Waals surface area contributed by atoms with Crippen LogP contribution >= 0.6 is 0 Å². The summed E-state index contributed by atoms with van der Waals surface area (Å²) in [4.78, 5) is 30.2. The Balaban J connectivity index is 1.99. The largest absolute Gasteiger partial charge is 0.493 e. The van der Waals surface area contributed by atoms with Gasteiger partial charge in [0.15, 0.2) is 11.5 Å². The zero-order chi connectivity index (χ0) is 18.9. The van der Waals surface area contributed by atoms with Crippen LogP contribution in [0.3, 0.4) is 0 Å². The Kier molecular flexibility index (Phi) is 6.96. The second-order valence-corrected chi connectivity index (χ2v) is 5.51. The van der Waals surface area contributed by atoms with Gasteiger partial charge in [-0.2, -0.15) is 0 Å². The average molecular weight is 357 g/mol. The highest BCUT2D eigenvalue weighted by Gasteiger charge is 2.21. The van der Waals surface area contributed by atoms with Gasteiger partial charge in [0, 0.05) is 37.2 Å². The maximum atomic E-state index is 12.4. The van der Waals surface area contributed by atoms with E-state index in [-0.39, 0.29) is 0 Å². The van der Waals surface area contributed by atoms with Gasteiger partial charge in [-0.05, 0) is 43.2 Å². The van der Waals surface area contributed by atoms with Crippen LogP contribution in [-0.2, 0) is 16.0 Å². The number of benzene rings is 1. The first-order valence-electron chi connectivity index (χ1n) is 8.30. The van der Waals surface area contributed by atoms with Gasteiger partial charge in [0.25, 0.3) is 0 Å². The van der Waals surface area contributed by atoms with Crippen LogP contribution in [0.1, 0.15) is 12.5 Å². The Bertz CT molecular complexity index is 750. The van der Waals surface area contributed by atoms with Crippen LogP contribution in [0.25, 0.3) is 0 Å². The van der Waals surface area contributed by atoms with Crippen molar-refractivity contribution in [3.8, 4) is 11.5 Å². The molecule has 26 heavy (non-hydrogen) atoms. The zero-order valence-corrected chi connectivity index (χ0v) is 15.2. The molecular weight excluding hydrogens is 334 g/mol. The maximum Gasteiger partial charge on any atom is 0.313 e. The summed E-state index contributed by atoms with van der Waals surface area (Å²) in [7, 11) is 3.04. The molecule has 0 aliphatic heterocycles. The van der Waals surface area contributed by atoms with Gasteiger partial charge < -0.3 is 19.7 Å². The fourth-order valence-corrected chi connectivity index (χ4v) is 2.46. The highest BCUT2D eigenvalue weighted by atomic mass is 16.5. The number of pyridine rings is 1. The molecule has 2 rings (SSSR count). The molecule has 1 aromatic heterocycles. The molecule has 0 spiro atoms. The molecule has 0 aliphatic rings. The summed E-state index contributed by atoms with van der Waals surface area (Å²) in [5.74, 6) is -0.239. The van der Waals surface area contributed by atoms with Crippen molar-refractivity contribution in [3.05, 3.63) is 48.3 Å². The van der Waals surface area contributed by atoms with Crippen LogP contribution in [0.15, 0.2) is 42.7 Å². The van der Waals surface area contributed by atoms with Crippen molar-refractivity contribution in [2.45, 2.75) is 13.3 Å². The summed E-state index contributed by atoms with van der Waals surface area (Å²) >= 11 is 0. The number of nitrogens with one attached hydrogen (secondary N) is 1. The van der Waals surface area contributed by atoms with E-state index < -0.39 is 11.8 Å². The fourth-order valence-electron chi connectivity index (χ4n) is 2.46. The Hall–Kier alpha value is -3.09.